The van der Waals surface area contributed by atoms with Gasteiger partial charge in [-0.25, -0.2) is 9.97 Å². The zero-order valence-electron chi connectivity index (χ0n) is 18.2. The fraction of sp³-hybridized carbons (Fsp3) is 0.417. The van der Waals surface area contributed by atoms with Gasteiger partial charge < -0.3 is 9.13 Å². The number of benzene rings is 1. The molecular formula is C24H34N4. The van der Waals surface area contributed by atoms with E-state index in [2.05, 4.69) is 54.6 Å². The highest BCUT2D eigenvalue weighted by Crippen LogP contribution is 2.48. The molecule has 1 aromatic carbocycles. The highest BCUT2D eigenvalue weighted by Gasteiger charge is 2.39. The van der Waals surface area contributed by atoms with Crippen LogP contribution in [-0.4, -0.2) is 19.1 Å². The molecule has 4 nitrogen and oxygen atoms in total. The van der Waals surface area contributed by atoms with Gasteiger partial charge in [0, 0.05) is 25.9 Å². The lowest BCUT2D eigenvalue weighted by Crippen LogP contribution is -2.27. The number of rotatable bonds is 4. The molecule has 0 spiro atoms. The van der Waals surface area contributed by atoms with E-state index in [1.165, 1.54) is 5.52 Å². The summed E-state index contributed by atoms with van der Waals surface area (Å²) in [6.07, 6.45) is 5.97. The van der Waals surface area contributed by atoms with Crippen molar-refractivity contribution in [1.82, 2.24) is 19.1 Å². The van der Waals surface area contributed by atoms with Crippen molar-refractivity contribution in [2.45, 2.75) is 52.4 Å². The van der Waals surface area contributed by atoms with Crippen LogP contribution in [0.2, 0.25) is 0 Å². The molecule has 28 heavy (non-hydrogen) atoms. The van der Waals surface area contributed by atoms with Crippen LogP contribution in [0.3, 0.4) is 0 Å². The molecule has 4 rings (SSSR count). The molecule has 3 aromatic rings. The second-order valence-electron chi connectivity index (χ2n) is 6.52. The summed E-state index contributed by atoms with van der Waals surface area (Å²) in [6.45, 7) is 15.8. The maximum Gasteiger partial charge on any atom is 0.113 e. The summed E-state index contributed by atoms with van der Waals surface area (Å²) in [5.41, 5.74) is 4.21. The third kappa shape index (κ3) is 3.56. The van der Waals surface area contributed by atoms with Crippen LogP contribution in [0, 0.1) is 0 Å². The number of para-hydroxylation sites is 2. The lowest BCUT2D eigenvalue weighted by Gasteiger charge is -2.35. The van der Waals surface area contributed by atoms with Crippen molar-refractivity contribution in [2.75, 3.05) is 0 Å². The van der Waals surface area contributed by atoms with E-state index < -0.39 is 0 Å². The van der Waals surface area contributed by atoms with Crippen LogP contribution in [0.15, 0.2) is 37.4 Å². The molecule has 0 aliphatic heterocycles. The van der Waals surface area contributed by atoms with Gasteiger partial charge in [-0.3, -0.25) is 0 Å². The second-order valence-corrected chi connectivity index (χ2v) is 6.52. The monoisotopic (exact) mass is 378 g/mol. The SMILES string of the molecule is C=Cc1nc(C2CCC2c2nc3ccccc3n2C)n(C)c1C=C.CC.CC. The minimum atomic E-state index is 0.401. The first-order chi connectivity index (χ1) is 13.7. The van der Waals surface area contributed by atoms with Crippen LogP contribution >= 0.6 is 0 Å². The fourth-order valence-electron chi connectivity index (χ4n) is 3.89. The molecule has 0 saturated heterocycles. The normalized spacial score (nSPS) is 17.6. The standard InChI is InChI=1S/C20H22N4.2C2H6/c1-5-15-17(6-2)23(3)19(21-15)13-11-12-14(13)20-22-16-9-7-8-10-18(16)24(20)4;2*1-2/h5-10,13-14H,1-2,11-12H2,3-4H3;2*1-2H3. The van der Waals surface area contributed by atoms with Gasteiger partial charge in [-0.05, 0) is 37.1 Å². The van der Waals surface area contributed by atoms with Crippen LogP contribution in [0.1, 0.15) is 75.4 Å². The highest BCUT2D eigenvalue weighted by molar-refractivity contribution is 5.76. The average molecular weight is 379 g/mol. The van der Waals surface area contributed by atoms with Crippen LogP contribution in [0.5, 0.6) is 0 Å². The Hall–Kier alpha value is -2.62. The summed E-state index contributed by atoms with van der Waals surface area (Å²) in [5.74, 6) is 3.09. The van der Waals surface area contributed by atoms with Crippen LogP contribution in [0.25, 0.3) is 23.2 Å². The van der Waals surface area contributed by atoms with Gasteiger partial charge in [0.25, 0.3) is 0 Å². The molecule has 0 N–H and O–H groups in total. The lowest BCUT2D eigenvalue weighted by atomic mass is 9.72. The second kappa shape index (κ2) is 9.54. The van der Waals surface area contributed by atoms with E-state index in [1.807, 2.05) is 45.9 Å². The van der Waals surface area contributed by atoms with Crippen molar-refractivity contribution in [3.63, 3.8) is 0 Å². The molecule has 2 aromatic heterocycles. The fourth-order valence-corrected chi connectivity index (χ4v) is 3.89. The Bertz CT molecular complexity index is 945. The summed E-state index contributed by atoms with van der Waals surface area (Å²) in [5, 5.41) is 0. The third-order valence-corrected chi connectivity index (χ3v) is 5.35. The molecule has 150 valence electrons. The molecule has 0 radical (unpaired) electrons. The number of fused-ring (bicyclic) bond motifs is 1. The Kier molecular flexibility index (Phi) is 7.38. The summed E-state index contributed by atoms with van der Waals surface area (Å²) < 4.78 is 4.39. The molecule has 1 aliphatic carbocycles. The minimum Gasteiger partial charge on any atom is -0.331 e. The Morgan fingerprint density at radius 2 is 1.43 bits per heavy atom. The van der Waals surface area contributed by atoms with Gasteiger partial charge in [0.15, 0.2) is 0 Å². The Morgan fingerprint density at radius 3 is 1.89 bits per heavy atom. The molecule has 1 fully saturated rings. The molecule has 4 heteroatoms. The van der Waals surface area contributed by atoms with Crippen LogP contribution in [-0.2, 0) is 14.1 Å². The molecule has 1 saturated carbocycles. The largest absolute Gasteiger partial charge is 0.331 e. The van der Waals surface area contributed by atoms with E-state index >= 15 is 0 Å². The zero-order chi connectivity index (χ0) is 20.8. The molecular weight excluding hydrogens is 344 g/mol. The van der Waals surface area contributed by atoms with Gasteiger partial charge in [0.1, 0.15) is 11.6 Å². The number of hydrogen-bond acceptors (Lipinski definition) is 2. The van der Waals surface area contributed by atoms with Gasteiger partial charge in [0.05, 0.1) is 22.4 Å². The Balaban J connectivity index is 0.000000660. The van der Waals surface area contributed by atoms with E-state index in [0.29, 0.717) is 11.8 Å². The predicted octanol–water partition coefficient (Wildman–Crippen LogP) is 6.31. The van der Waals surface area contributed by atoms with Gasteiger partial charge >= 0.3 is 0 Å². The van der Waals surface area contributed by atoms with E-state index in [0.717, 1.165) is 41.4 Å². The van der Waals surface area contributed by atoms with E-state index in [-0.39, 0.29) is 0 Å². The molecule has 0 bridgehead atoms. The predicted molar refractivity (Wildman–Crippen MR) is 122 cm³/mol. The number of imidazole rings is 2. The third-order valence-electron chi connectivity index (χ3n) is 5.35. The maximum absolute atomic E-state index is 4.89. The van der Waals surface area contributed by atoms with Gasteiger partial charge in [0.2, 0.25) is 0 Å². The van der Waals surface area contributed by atoms with Crippen molar-refractivity contribution >= 4 is 23.2 Å². The van der Waals surface area contributed by atoms with Gasteiger partial charge in [-0.1, -0.05) is 53.0 Å². The molecule has 2 atom stereocenters. The summed E-state index contributed by atoms with van der Waals surface area (Å²) >= 11 is 0. The minimum absolute atomic E-state index is 0.401. The number of aryl methyl sites for hydroxylation is 1. The van der Waals surface area contributed by atoms with E-state index in [4.69, 9.17) is 9.97 Å². The van der Waals surface area contributed by atoms with Crippen LogP contribution in [0.4, 0.5) is 0 Å². The molecule has 1 aliphatic rings. The van der Waals surface area contributed by atoms with Gasteiger partial charge in [-0.15, -0.1) is 0 Å². The van der Waals surface area contributed by atoms with Crippen molar-refractivity contribution in [1.29, 1.82) is 0 Å². The van der Waals surface area contributed by atoms with E-state index in [1.54, 1.807) is 0 Å². The first kappa shape index (κ1) is 21.7. The number of hydrogen-bond donors (Lipinski definition) is 0. The number of nitrogens with zero attached hydrogens (tertiary/aromatic N) is 4. The van der Waals surface area contributed by atoms with Crippen molar-refractivity contribution in [2.24, 2.45) is 14.1 Å². The maximum atomic E-state index is 4.89. The quantitative estimate of drug-likeness (QED) is 0.533. The molecule has 0 amide bonds. The Morgan fingerprint density at radius 1 is 0.857 bits per heavy atom. The highest BCUT2D eigenvalue weighted by atomic mass is 15.1. The average Bonchev–Trinajstić information content (AvgIpc) is 3.21. The van der Waals surface area contributed by atoms with Crippen LogP contribution < -0.4 is 0 Å². The number of aromatic nitrogens is 4. The zero-order valence-corrected chi connectivity index (χ0v) is 18.2. The summed E-state index contributed by atoms with van der Waals surface area (Å²) in [7, 11) is 4.18. The Labute approximate surface area is 169 Å². The first-order valence-corrected chi connectivity index (χ1v) is 10.4. The van der Waals surface area contributed by atoms with Crippen molar-refractivity contribution in [3.8, 4) is 0 Å². The summed E-state index contributed by atoms with van der Waals surface area (Å²) in [6, 6.07) is 8.32. The summed E-state index contributed by atoms with van der Waals surface area (Å²) in [4.78, 5) is 9.71. The van der Waals surface area contributed by atoms with E-state index in [9.17, 15) is 0 Å². The smallest absolute Gasteiger partial charge is 0.113 e. The van der Waals surface area contributed by atoms with Gasteiger partial charge in [-0.2, -0.15) is 0 Å². The molecule has 2 heterocycles. The molecule has 2 unspecified atom stereocenters. The van der Waals surface area contributed by atoms with Crippen molar-refractivity contribution < 1.29 is 0 Å². The lowest BCUT2D eigenvalue weighted by molar-refractivity contribution is 0.309. The van der Waals surface area contributed by atoms with Crippen molar-refractivity contribution in [3.05, 3.63) is 60.5 Å². The first-order valence-electron chi connectivity index (χ1n) is 10.4. The topological polar surface area (TPSA) is 35.6 Å².